The first-order valence-electron chi connectivity index (χ1n) is 16.8. The summed E-state index contributed by atoms with van der Waals surface area (Å²) >= 11 is 1.82. The van der Waals surface area contributed by atoms with Crippen LogP contribution in [0.15, 0.2) is 143 Å². The minimum Gasteiger partial charge on any atom is -0.456 e. The predicted octanol–water partition coefficient (Wildman–Crippen LogP) is 11.6. The first-order valence-corrected chi connectivity index (χ1v) is 17.6. The van der Waals surface area contributed by atoms with Gasteiger partial charge in [0.1, 0.15) is 17.0 Å². The molecule has 230 valence electrons. The molecule has 0 bridgehead atoms. The summed E-state index contributed by atoms with van der Waals surface area (Å²) in [7, 11) is 0. The second-order valence-electron chi connectivity index (χ2n) is 13.0. The van der Waals surface area contributed by atoms with Gasteiger partial charge in [-0.3, -0.25) is 0 Å². The summed E-state index contributed by atoms with van der Waals surface area (Å²) in [6.07, 6.45) is 19.9. The number of thiophene rings is 1. The van der Waals surface area contributed by atoms with Crippen LogP contribution >= 0.6 is 11.3 Å². The second kappa shape index (κ2) is 11.1. The summed E-state index contributed by atoms with van der Waals surface area (Å²) in [5.74, 6) is 2.70. The summed E-state index contributed by atoms with van der Waals surface area (Å²) in [4.78, 5) is 15.5. The molecular weight excluding hydrogens is 607 g/mol. The molecule has 3 aliphatic carbocycles. The summed E-state index contributed by atoms with van der Waals surface area (Å²) in [5, 5.41) is 4.95. The quantitative estimate of drug-likeness (QED) is 0.193. The largest absolute Gasteiger partial charge is 0.456 e. The maximum atomic E-state index is 6.21. The molecule has 3 aliphatic rings. The maximum Gasteiger partial charge on any atom is 0.165 e. The molecular formula is C43H31N3OS. The van der Waals surface area contributed by atoms with Crippen LogP contribution in [0.2, 0.25) is 0 Å². The molecule has 2 unspecified atom stereocenters. The van der Waals surface area contributed by atoms with Crippen molar-refractivity contribution < 1.29 is 4.42 Å². The van der Waals surface area contributed by atoms with E-state index in [1.54, 1.807) is 0 Å². The zero-order valence-electron chi connectivity index (χ0n) is 26.3. The molecule has 0 spiro atoms. The van der Waals surface area contributed by atoms with E-state index in [2.05, 4.69) is 121 Å². The molecule has 0 amide bonds. The van der Waals surface area contributed by atoms with E-state index in [9.17, 15) is 0 Å². The van der Waals surface area contributed by atoms with Gasteiger partial charge in [0.2, 0.25) is 0 Å². The highest BCUT2D eigenvalue weighted by molar-refractivity contribution is 7.26. The van der Waals surface area contributed by atoms with E-state index < -0.39 is 0 Å². The number of para-hydroxylation sites is 1. The van der Waals surface area contributed by atoms with Crippen LogP contribution in [0.3, 0.4) is 0 Å². The molecule has 0 aliphatic heterocycles. The van der Waals surface area contributed by atoms with Crippen LogP contribution in [-0.2, 0) is 0 Å². The van der Waals surface area contributed by atoms with E-state index >= 15 is 0 Å². The number of hydrogen-bond donors (Lipinski definition) is 0. The number of benzene rings is 4. The van der Waals surface area contributed by atoms with Crippen molar-refractivity contribution in [2.24, 2.45) is 0 Å². The molecule has 3 aromatic heterocycles. The SMILES string of the molecule is C1=CC(c2nc(-c3cccc4c3sc3ccccc34)nc(C3C=CC4=C(C=CC(c5cccc6oc7ccccc7c56)C4)C3)n2)=CCC1. The van der Waals surface area contributed by atoms with Crippen LogP contribution in [0.25, 0.3) is 59.1 Å². The Bertz CT molecular complexity index is 2590. The van der Waals surface area contributed by atoms with Gasteiger partial charge in [0.15, 0.2) is 11.6 Å². The summed E-state index contributed by atoms with van der Waals surface area (Å²) < 4.78 is 8.71. The van der Waals surface area contributed by atoms with Gasteiger partial charge in [0, 0.05) is 53.9 Å². The van der Waals surface area contributed by atoms with E-state index in [4.69, 9.17) is 19.4 Å². The van der Waals surface area contributed by atoms with Crippen molar-refractivity contribution in [1.82, 2.24) is 15.0 Å². The van der Waals surface area contributed by atoms with E-state index in [0.717, 1.165) is 65.5 Å². The fourth-order valence-electron chi connectivity index (χ4n) is 7.70. The van der Waals surface area contributed by atoms with Gasteiger partial charge in [-0.25, -0.2) is 15.0 Å². The third-order valence-electron chi connectivity index (χ3n) is 10.1. The molecule has 7 aromatic rings. The lowest BCUT2D eigenvalue weighted by Gasteiger charge is -2.27. The molecule has 48 heavy (non-hydrogen) atoms. The number of aromatic nitrogens is 3. The lowest BCUT2D eigenvalue weighted by Crippen LogP contribution is -2.14. The number of allylic oxidation sites excluding steroid dienone is 10. The molecule has 3 heterocycles. The van der Waals surface area contributed by atoms with Gasteiger partial charge in [0.05, 0.1) is 0 Å². The Labute approximate surface area is 282 Å². The highest BCUT2D eigenvalue weighted by Gasteiger charge is 2.27. The molecule has 10 rings (SSSR count). The minimum atomic E-state index is 0.0708. The Kier molecular flexibility index (Phi) is 6.41. The van der Waals surface area contributed by atoms with Crippen molar-refractivity contribution in [3.05, 3.63) is 156 Å². The molecule has 0 fully saturated rings. The Morgan fingerprint density at radius 3 is 2.27 bits per heavy atom. The molecule has 4 nitrogen and oxygen atoms in total. The molecule has 0 N–H and O–H groups in total. The van der Waals surface area contributed by atoms with Gasteiger partial charge >= 0.3 is 0 Å². The lowest BCUT2D eigenvalue weighted by atomic mass is 9.78. The van der Waals surface area contributed by atoms with Gasteiger partial charge in [-0.15, -0.1) is 11.3 Å². The number of hydrogen-bond acceptors (Lipinski definition) is 5. The number of rotatable bonds is 4. The van der Waals surface area contributed by atoms with E-state index in [-0.39, 0.29) is 11.8 Å². The molecule has 0 saturated heterocycles. The third kappa shape index (κ3) is 4.53. The molecule has 4 aromatic carbocycles. The number of furan rings is 1. The van der Waals surface area contributed by atoms with Crippen molar-refractivity contribution in [3.63, 3.8) is 0 Å². The second-order valence-corrected chi connectivity index (χ2v) is 14.0. The maximum absolute atomic E-state index is 6.21. The number of fused-ring (bicyclic) bond motifs is 6. The van der Waals surface area contributed by atoms with Crippen LogP contribution in [0, 0.1) is 0 Å². The Hall–Kier alpha value is -5.39. The third-order valence-corrected chi connectivity index (χ3v) is 11.3. The molecule has 0 saturated carbocycles. The van der Waals surface area contributed by atoms with Gasteiger partial charge in [-0.2, -0.15) is 0 Å². The van der Waals surface area contributed by atoms with Gasteiger partial charge in [-0.1, -0.05) is 103 Å². The minimum absolute atomic E-state index is 0.0708. The van der Waals surface area contributed by atoms with Crippen molar-refractivity contribution in [2.75, 3.05) is 0 Å². The van der Waals surface area contributed by atoms with Crippen molar-refractivity contribution in [3.8, 4) is 11.4 Å². The fraction of sp³-hybridized carbons (Fsp3) is 0.140. The van der Waals surface area contributed by atoms with Crippen molar-refractivity contribution in [2.45, 2.75) is 37.5 Å². The predicted molar refractivity (Wildman–Crippen MR) is 198 cm³/mol. The Morgan fingerprint density at radius 2 is 1.38 bits per heavy atom. The lowest BCUT2D eigenvalue weighted by molar-refractivity contribution is 0.668. The summed E-state index contributed by atoms with van der Waals surface area (Å²) in [6.45, 7) is 0. The van der Waals surface area contributed by atoms with E-state index in [1.807, 2.05) is 17.4 Å². The zero-order valence-corrected chi connectivity index (χ0v) is 27.1. The average Bonchev–Trinajstić information content (AvgIpc) is 3.73. The molecule has 0 radical (unpaired) electrons. The molecule has 5 heteroatoms. The van der Waals surface area contributed by atoms with Crippen molar-refractivity contribution >= 4 is 59.0 Å². The topological polar surface area (TPSA) is 51.8 Å². The van der Waals surface area contributed by atoms with Gasteiger partial charge < -0.3 is 4.42 Å². The van der Waals surface area contributed by atoms with E-state index in [0.29, 0.717) is 0 Å². The average molecular weight is 638 g/mol. The van der Waals surface area contributed by atoms with Crippen LogP contribution in [0.1, 0.15) is 54.7 Å². The Morgan fingerprint density at radius 1 is 0.625 bits per heavy atom. The van der Waals surface area contributed by atoms with Crippen LogP contribution < -0.4 is 0 Å². The Balaban J connectivity index is 1.01. The normalized spacial score (nSPS) is 19.1. The highest BCUT2D eigenvalue weighted by atomic mass is 32.1. The monoisotopic (exact) mass is 637 g/mol. The standard InChI is InChI=1S/C43H31N3OS/c1-2-10-26(11-3-1)41-44-42(46-43(45-41)35-16-8-15-33-32-12-5-7-19-38(32)48-40(33)35)30-23-21-27-24-29(22-20-28(27)25-30)31-14-9-18-37-39(31)34-13-4-6-17-36(34)47-37/h2,4-23,29-30H,1,3,24-25H2. The summed E-state index contributed by atoms with van der Waals surface area (Å²) in [6, 6.07) is 30.0. The van der Waals surface area contributed by atoms with Gasteiger partial charge in [-0.05, 0) is 66.7 Å². The zero-order chi connectivity index (χ0) is 31.6. The highest BCUT2D eigenvalue weighted by Crippen LogP contribution is 2.44. The fourth-order valence-corrected chi connectivity index (χ4v) is 8.91. The molecule has 2 atom stereocenters. The van der Waals surface area contributed by atoms with Gasteiger partial charge in [0.25, 0.3) is 0 Å². The first kappa shape index (κ1) is 27.7. The van der Waals surface area contributed by atoms with E-state index in [1.165, 1.54) is 47.7 Å². The smallest absolute Gasteiger partial charge is 0.165 e. The number of nitrogens with zero attached hydrogens (tertiary/aromatic N) is 3. The summed E-state index contributed by atoms with van der Waals surface area (Å²) in [5.41, 5.74) is 8.14. The van der Waals surface area contributed by atoms with Crippen molar-refractivity contribution in [1.29, 1.82) is 0 Å². The van der Waals surface area contributed by atoms with Crippen LogP contribution in [0.4, 0.5) is 0 Å². The van der Waals surface area contributed by atoms with Crippen LogP contribution in [0.5, 0.6) is 0 Å². The van der Waals surface area contributed by atoms with Crippen LogP contribution in [-0.4, -0.2) is 15.0 Å². The first-order chi connectivity index (χ1) is 23.8.